The fraction of sp³-hybridized carbons (Fsp3) is 0.222. The number of nitrogens with two attached hydrogens (primary N) is 1. The lowest BCUT2D eigenvalue weighted by molar-refractivity contribution is 0.0314. The van der Waals surface area contributed by atoms with E-state index >= 15 is 0 Å². The van der Waals surface area contributed by atoms with Crippen LogP contribution in [0.5, 0.6) is 0 Å². The molecule has 0 heterocycles. The molecular formula is C18H18FNO5S. The minimum absolute atomic E-state index is 0.393. The lowest BCUT2D eigenvalue weighted by atomic mass is 9.99. The van der Waals surface area contributed by atoms with E-state index in [1.165, 1.54) is 6.92 Å². The van der Waals surface area contributed by atoms with Gasteiger partial charge in [-0.05, 0) is 50.6 Å². The van der Waals surface area contributed by atoms with Gasteiger partial charge in [0, 0.05) is 5.56 Å². The summed E-state index contributed by atoms with van der Waals surface area (Å²) < 4.78 is 41.6. The number of aryl methyl sites for hydroxylation is 2. The Labute approximate surface area is 150 Å². The third-order valence-corrected chi connectivity index (χ3v) is 4.71. The van der Waals surface area contributed by atoms with Crippen LogP contribution in [-0.4, -0.2) is 26.3 Å². The van der Waals surface area contributed by atoms with E-state index in [4.69, 9.17) is 9.88 Å². The van der Waals surface area contributed by atoms with Crippen molar-refractivity contribution >= 4 is 21.8 Å². The molecule has 1 atom stereocenters. The number of hydrogen-bond donors (Lipinski definition) is 1. The number of rotatable bonds is 5. The summed E-state index contributed by atoms with van der Waals surface area (Å²) in [5, 5.41) is 4.98. The highest BCUT2D eigenvalue weighted by Gasteiger charge is 2.24. The number of Topliss-reactive ketones (excluding diaryl/α,β-unsaturated/α-hetero) is 1. The van der Waals surface area contributed by atoms with Crippen molar-refractivity contribution in [1.82, 2.24) is 0 Å². The minimum atomic E-state index is -4.12. The number of ether oxygens (including phenoxy) is 1. The van der Waals surface area contributed by atoms with Gasteiger partial charge in [-0.1, -0.05) is 17.7 Å². The maximum absolute atomic E-state index is 13.9. The molecule has 2 N–H and O–H groups in total. The monoisotopic (exact) mass is 379 g/mol. The Kier molecular flexibility index (Phi) is 5.58. The molecule has 0 bridgehead atoms. The zero-order valence-corrected chi connectivity index (χ0v) is 15.3. The molecule has 0 amide bonds. The molecule has 0 spiro atoms. The molecule has 26 heavy (non-hydrogen) atoms. The Morgan fingerprint density at radius 3 is 2.35 bits per heavy atom. The number of hydrogen-bond acceptors (Lipinski definition) is 5. The van der Waals surface area contributed by atoms with Gasteiger partial charge >= 0.3 is 5.97 Å². The number of halogens is 1. The van der Waals surface area contributed by atoms with Gasteiger partial charge in [0.15, 0.2) is 6.10 Å². The number of carbonyl (C=O) groups excluding carboxylic acids is 2. The first kappa shape index (κ1) is 19.7. The van der Waals surface area contributed by atoms with Crippen molar-refractivity contribution in [2.45, 2.75) is 31.8 Å². The van der Waals surface area contributed by atoms with Crippen LogP contribution >= 0.6 is 0 Å². The van der Waals surface area contributed by atoms with Crippen LogP contribution in [0.15, 0.2) is 41.3 Å². The number of ketones is 1. The number of primary sulfonamides is 1. The van der Waals surface area contributed by atoms with Crippen LogP contribution in [0.1, 0.15) is 38.8 Å². The van der Waals surface area contributed by atoms with Crippen LogP contribution < -0.4 is 5.14 Å². The number of sulfonamides is 1. The van der Waals surface area contributed by atoms with E-state index in [1.807, 2.05) is 13.0 Å². The third kappa shape index (κ3) is 4.33. The van der Waals surface area contributed by atoms with Crippen LogP contribution in [0.25, 0.3) is 0 Å². The smallest absolute Gasteiger partial charge is 0.341 e. The van der Waals surface area contributed by atoms with E-state index in [-0.39, 0.29) is 0 Å². The first-order chi connectivity index (χ1) is 12.0. The summed E-state index contributed by atoms with van der Waals surface area (Å²) in [6.45, 7) is 4.93. The summed E-state index contributed by atoms with van der Waals surface area (Å²) >= 11 is 0. The van der Waals surface area contributed by atoms with Gasteiger partial charge < -0.3 is 4.74 Å². The van der Waals surface area contributed by atoms with Crippen molar-refractivity contribution in [1.29, 1.82) is 0 Å². The molecule has 0 unspecified atom stereocenters. The molecule has 0 saturated heterocycles. The molecule has 0 saturated carbocycles. The van der Waals surface area contributed by atoms with Gasteiger partial charge in [0.25, 0.3) is 0 Å². The van der Waals surface area contributed by atoms with Crippen LogP contribution in [-0.2, 0) is 14.8 Å². The van der Waals surface area contributed by atoms with Crippen molar-refractivity contribution in [2.75, 3.05) is 0 Å². The maximum Gasteiger partial charge on any atom is 0.341 e. The molecule has 0 radical (unpaired) electrons. The topological polar surface area (TPSA) is 104 Å². The molecule has 6 nitrogen and oxygen atoms in total. The lowest BCUT2D eigenvalue weighted by Gasteiger charge is -2.15. The Morgan fingerprint density at radius 2 is 1.73 bits per heavy atom. The highest BCUT2D eigenvalue weighted by Crippen LogP contribution is 2.18. The molecule has 0 aliphatic carbocycles. The fourth-order valence-electron chi connectivity index (χ4n) is 2.34. The second-order valence-electron chi connectivity index (χ2n) is 5.92. The zero-order chi connectivity index (χ0) is 19.6. The average molecular weight is 379 g/mol. The predicted octanol–water partition coefficient (Wildman–Crippen LogP) is 2.52. The molecule has 2 aromatic carbocycles. The zero-order valence-electron chi connectivity index (χ0n) is 14.4. The van der Waals surface area contributed by atoms with Gasteiger partial charge in [-0.3, -0.25) is 4.79 Å². The summed E-state index contributed by atoms with van der Waals surface area (Å²) in [5.41, 5.74) is 1.36. The largest absolute Gasteiger partial charge is 0.451 e. The maximum atomic E-state index is 13.9. The SMILES string of the molecule is Cc1ccc(C)c(C(=O)[C@H](C)OC(=O)c2cc(S(N)(=O)=O)ccc2F)c1. The molecule has 0 aromatic heterocycles. The van der Waals surface area contributed by atoms with Crippen molar-refractivity contribution in [3.63, 3.8) is 0 Å². The van der Waals surface area contributed by atoms with Gasteiger partial charge in [-0.15, -0.1) is 0 Å². The third-order valence-electron chi connectivity index (χ3n) is 3.80. The standard InChI is InChI=1S/C18H18FNO5S/c1-10-4-5-11(2)14(8-10)17(21)12(3)25-18(22)15-9-13(26(20,23)24)6-7-16(15)19/h4-9,12H,1-3H3,(H2,20,23,24)/t12-/m0/s1. The van der Waals surface area contributed by atoms with Gasteiger partial charge in [0.2, 0.25) is 15.8 Å². The van der Waals surface area contributed by atoms with Gasteiger partial charge in [-0.25, -0.2) is 22.7 Å². The molecule has 0 fully saturated rings. The van der Waals surface area contributed by atoms with Crippen molar-refractivity contribution in [3.8, 4) is 0 Å². The van der Waals surface area contributed by atoms with Crippen LogP contribution in [0, 0.1) is 19.7 Å². The lowest BCUT2D eigenvalue weighted by Crippen LogP contribution is -2.26. The fourth-order valence-corrected chi connectivity index (χ4v) is 2.88. The van der Waals surface area contributed by atoms with Crippen molar-refractivity contribution in [3.05, 3.63) is 64.5 Å². The van der Waals surface area contributed by atoms with E-state index in [1.54, 1.807) is 19.1 Å². The first-order valence-corrected chi connectivity index (χ1v) is 9.20. The Morgan fingerprint density at radius 1 is 1.08 bits per heavy atom. The number of esters is 1. The summed E-state index contributed by atoms with van der Waals surface area (Å²) in [6, 6.07) is 7.80. The summed E-state index contributed by atoms with van der Waals surface area (Å²) in [5.74, 6) is -2.57. The van der Waals surface area contributed by atoms with Gasteiger partial charge in [0.1, 0.15) is 5.82 Å². The molecule has 2 aromatic rings. The molecule has 0 aliphatic rings. The predicted molar refractivity (Wildman–Crippen MR) is 92.9 cm³/mol. The summed E-state index contributed by atoms with van der Waals surface area (Å²) in [7, 11) is -4.12. The molecule has 8 heteroatoms. The molecule has 138 valence electrons. The second kappa shape index (κ2) is 7.35. The summed E-state index contributed by atoms with van der Waals surface area (Å²) in [6.07, 6.45) is -1.18. The first-order valence-electron chi connectivity index (χ1n) is 7.65. The minimum Gasteiger partial charge on any atom is -0.451 e. The molecule has 2 rings (SSSR count). The van der Waals surface area contributed by atoms with Crippen LogP contribution in [0.4, 0.5) is 4.39 Å². The van der Waals surface area contributed by atoms with E-state index in [0.29, 0.717) is 11.1 Å². The van der Waals surface area contributed by atoms with Crippen molar-refractivity contribution in [2.24, 2.45) is 5.14 Å². The van der Waals surface area contributed by atoms with E-state index < -0.39 is 44.2 Å². The summed E-state index contributed by atoms with van der Waals surface area (Å²) in [4.78, 5) is 24.3. The second-order valence-corrected chi connectivity index (χ2v) is 7.48. The van der Waals surface area contributed by atoms with Crippen LogP contribution in [0.2, 0.25) is 0 Å². The van der Waals surface area contributed by atoms with Crippen LogP contribution in [0.3, 0.4) is 0 Å². The molecular weight excluding hydrogens is 361 g/mol. The Hall–Kier alpha value is -2.58. The van der Waals surface area contributed by atoms with Gasteiger partial charge in [-0.2, -0.15) is 0 Å². The van der Waals surface area contributed by atoms with Gasteiger partial charge in [0.05, 0.1) is 10.5 Å². The van der Waals surface area contributed by atoms with E-state index in [0.717, 1.165) is 23.8 Å². The quantitative estimate of drug-likeness (QED) is 0.635. The highest BCUT2D eigenvalue weighted by molar-refractivity contribution is 7.89. The average Bonchev–Trinajstić information content (AvgIpc) is 2.55. The number of benzene rings is 2. The normalized spacial score (nSPS) is 12.5. The highest BCUT2D eigenvalue weighted by atomic mass is 32.2. The van der Waals surface area contributed by atoms with E-state index in [2.05, 4.69) is 0 Å². The Balaban J connectivity index is 2.27. The van der Waals surface area contributed by atoms with E-state index in [9.17, 15) is 22.4 Å². The molecule has 0 aliphatic heterocycles. The Bertz CT molecular complexity index is 985. The van der Waals surface area contributed by atoms with Crippen molar-refractivity contribution < 1.29 is 27.1 Å². The number of carbonyl (C=O) groups is 2.